The number of hydrogen-bond donors (Lipinski definition) is 0. The van der Waals surface area contributed by atoms with Gasteiger partial charge >= 0.3 is 23.1 Å². The first-order chi connectivity index (χ1) is 4.00. The SMILES string of the molecule is [CH2-]F.[Mg+2].[c-]1ccccc1. The maximum atomic E-state index is 9.25. The zero-order valence-electron chi connectivity index (χ0n) is 5.18. The molecule has 0 nitrogen and oxygen atoms in total. The number of rotatable bonds is 0. The van der Waals surface area contributed by atoms with Crippen molar-refractivity contribution in [2.24, 2.45) is 0 Å². The summed E-state index contributed by atoms with van der Waals surface area (Å²) in [6.45, 7) is 0. The van der Waals surface area contributed by atoms with E-state index in [0.717, 1.165) is 0 Å². The number of halogens is 1. The van der Waals surface area contributed by atoms with Crippen LogP contribution in [0.5, 0.6) is 0 Å². The van der Waals surface area contributed by atoms with Crippen molar-refractivity contribution in [3.63, 3.8) is 0 Å². The van der Waals surface area contributed by atoms with E-state index in [1.165, 1.54) is 0 Å². The molecule has 0 aliphatic carbocycles. The van der Waals surface area contributed by atoms with Gasteiger partial charge in [0.1, 0.15) is 0 Å². The largest absolute Gasteiger partial charge is 2.00 e. The van der Waals surface area contributed by atoms with Crippen LogP contribution in [0.3, 0.4) is 0 Å². The Morgan fingerprint density at radius 2 is 1.44 bits per heavy atom. The second-order valence-electron chi connectivity index (χ2n) is 1.08. The van der Waals surface area contributed by atoms with E-state index in [1.54, 1.807) is 7.18 Å². The fraction of sp³-hybridized carbons (Fsp3) is 0. The molecule has 44 valence electrons. The van der Waals surface area contributed by atoms with Crippen molar-refractivity contribution in [3.05, 3.63) is 43.6 Å². The van der Waals surface area contributed by atoms with Crippen LogP contribution in [-0.4, -0.2) is 23.1 Å². The maximum absolute atomic E-state index is 9.25. The summed E-state index contributed by atoms with van der Waals surface area (Å²) in [5.74, 6) is 0. The average Bonchev–Trinajstić information content (AvgIpc) is 1.96. The predicted molar refractivity (Wildman–Crippen MR) is 37.5 cm³/mol. The molecule has 0 amide bonds. The van der Waals surface area contributed by atoms with Gasteiger partial charge in [-0.05, 0) is 0 Å². The smallest absolute Gasteiger partial charge is 0.463 e. The van der Waals surface area contributed by atoms with E-state index < -0.39 is 0 Å². The average molecular weight is 134 g/mol. The van der Waals surface area contributed by atoms with Gasteiger partial charge in [-0.3, -0.25) is 0 Å². The summed E-state index contributed by atoms with van der Waals surface area (Å²) < 4.78 is 9.25. The fourth-order valence-corrected chi connectivity index (χ4v) is 0.342. The van der Waals surface area contributed by atoms with Gasteiger partial charge in [-0.15, -0.1) is 0 Å². The van der Waals surface area contributed by atoms with Crippen LogP contribution in [0.15, 0.2) is 30.3 Å². The summed E-state index contributed by atoms with van der Waals surface area (Å²) in [6, 6.07) is 12.5. The molecular weight excluding hydrogens is 127 g/mol. The third-order valence-corrected chi connectivity index (χ3v) is 0.607. The molecule has 0 aliphatic heterocycles. The molecule has 9 heavy (non-hydrogen) atoms. The molecule has 0 spiro atoms. The third-order valence-electron chi connectivity index (χ3n) is 0.607. The Morgan fingerprint density at radius 1 is 1.00 bits per heavy atom. The van der Waals surface area contributed by atoms with Crippen molar-refractivity contribution in [2.45, 2.75) is 0 Å². The molecule has 1 aromatic carbocycles. The first-order valence-corrected chi connectivity index (χ1v) is 2.18. The zero-order valence-corrected chi connectivity index (χ0v) is 6.59. The molecular formula is C7H7FMg. The standard InChI is InChI=1S/C6H5.CH2F.Mg/c1-2-4-6-5-3-1;1-2;/h1-5H;1H2;/q2*-1;+2. The second kappa shape index (κ2) is 10.8. The summed E-state index contributed by atoms with van der Waals surface area (Å²) in [5, 5.41) is 0. The fourth-order valence-electron chi connectivity index (χ4n) is 0.342. The first kappa shape index (κ1) is 11.7. The van der Waals surface area contributed by atoms with Crippen LogP contribution in [0.4, 0.5) is 4.39 Å². The van der Waals surface area contributed by atoms with Gasteiger partial charge in [0.2, 0.25) is 0 Å². The quantitative estimate of drug-likeness (QED) is 0.375. The van der Waals surface area contributed by atoms with Gasteiger partial charge in [-0.2, -0.15) is 43.6 Å². The van der Waals surface area contributed by atoms with Gasteiger partial charge in [0.15, 0.2) is 0 Å². The Morgan fingerprint density at radius 3 is 1.56 bits per heavy atom. The minimum atomic E-state index is 0. The van der Waals surface area contributed by atoms with Gasteiger partial charge < -0.3 is 4.39 Å². The van der Waals surface area contributed by atoms with Gasteiger partial charge in [-0.25, -0.2) is 0 Å². The van der Waals surface area contributed by atoms with E-state index in [-0.39, 0.29) is 23.1 Å². The van der Waals surface area contributed by atoms with Gasteiger partial charge in [0.05, 0.1) is 0 Å². The Bertz CT molecular complexity index is 80.8. The molecule has 0 aliphatic rings. The van der Waals surface area contributed by atoms with Crippen LogP contribution < -0.4 is 0 Å². The number of benzene rings is 1. The zero-order chi connectivity index (χ0) is 6.24. The molecule has 0 heterocycles. The molecule has 0 fully saturated rings. The molecule has 0 aromatic heterocycles. The van der Waals surface area contributed by atoms with Crippen LogP contribution >= 0.6 is 0 Å². The van der Waals surface area contributed by atoms with Crippen molar-refractivity contribution in [2.75, 3.05) is 0 Å². The maximum Gasteiger partial charge on any atom is 2.00 e. The van der Waals surface area contributed by atoms with Crippen LogP contribution in [0.1, 0.15) is 0 Å². The Balaban J connectivity index is 0. The monoisotopic (exact) mass is 134 g/mol. The molecule has 0 bridgehead atoms. The molecule has 1 rings (SSSR count). The number of hydrogen-bond acceptors (Lipinski definition) is 0. The predicted octanol–water partition coefficient (Wildman–Crippen LogP) is 1.85. The van der Waals surface area contributed by atoms with E-state index in [1.807, 2.05) is 30.3 Å². The first-order valence-electron chi connectivity index (χ1n) is 2.18. The van der Waals surface area contributed by atoms with E-state index in [9.17, 15) is 4.39 Å². The van der Waals surface area contributed by atoms with E-state index in [0.29, 0.717) is 0 Å². The van der Waals surface area contributed by atoms with Crippen molar-refractivity contribution in [1.29, 1.82) is 0 Å². The van der Waals surface area contributed by atoms with Gasteiger partial charge in [-0.1, -0.05) is 0 Å². The van der Waals surface area contributed by atoms with E-state index in [4.69, 9.17) is 0 Å². The normalized spacial score (nSPS) is 6.00. The molecule has 0 saturated heterocycles. The van der Waals surface area contributed by atoms with Crippen LogP contribution in [0.2, 0.25) is 0 Å². The van der Waals surface area contributed by atoms with Crippen molar-refractivity contribution in [3.8, 4) is 0 Å². The topological polar surface area (TPSA) is 0 Å². The second-order valence-corrected chi connectivity index (χ2v) is 1.08. The molecule has 0 radical (unpaired) electrons. The molecule has 2 heteroatoms. The van der Waals surface area contributed by atoms with Gasteiger partial charge in [0, 0.05) is 0 Å². The summed E-state index contributed by atoms with van der Waals surface area (Å²) in [6.07, 6.45) is 0. The van der Waals surface area contributed by atoms with Gasteiger partial charge in [0.25, 0.3) is 0 Å². The van der Waals surface area contributed by atoms with Crippen molar-refractivity contribution < 1.29 is 4.39 Å². The molecule has 0 N–H and O–H groups in total. The minimum Gasteiger partial charge on any atom is -0.463 e. The van der Waals surface area contributed by atoms with Crippen molar-refractivity contribution in [1.82, 2.24) is 0 Å². The summed E-state index contributed by atoms with van der Waals surface area (Å²) >= 11 is 0. The Labute approximate surface area is 71.2 Å². The summed E-state index contributed by atoms with van der Waals surface area (Å²) in [5.41, 5.74) is 0. The van der Waals surface area contributed by atoms with Crippen molar-refractivity contribution >= 4 is 23.1 Å². The Hall–Kier alpha value is -0.0838. The minimum absolute atomic E-state index is 0. The molecule has 0 unspecified atom stereocenters. The third kappa shape index (κ3) is 7.92. The van der Waals surface area contributed by atoms with Crippen LogP contribution in [0.25, 0.3) is 0 Å². The van der Waals surface area contributed by atoms with Crippen LogP contribution in [0, 0.1) is 13.2 Å². The molecule has 0 atom stereocenters. The summed E-state index contributed by atoms with van der Waals surface area (Å²) in [7, 11) is 1.75. The summed E-state index contributed by atoms with van der Waals surface area (Å²) in [4.78, 5) is 0. The Kier molecular flexibility index (Phi) is 14.0. The van der Waals surface area contributed by atoms with Crippen LogP contribution in [-0.2, 0) is 0 Å². The molecule has 1 aromatic rings. The van der Waals surface area contributed by atoms with E-state index in [2.05, 4.69) is 6.07 Å². The molecule has 0 saturated carbocycles. The van der Waals surface area contributed by atoms with E-state index >= 15 is 0 Å².